The summed E-state index contributed by atoms with van der Waals surface area (Å²) in [4.78, 5) is 10.2. The summed E-state index contributed by atoms with van der Waals surface area (Å²) in [7, 11) is 1.40. The fourth-order valence-corrected chi connectivity index (χ4v) is 1.24. The zero-order chi connectivity index (χ0) is 12.0. The van der Waals surface area contributed by atoms with Crippen LogP contribution in [0.4, 0.5) is 5.69 Å². The number of hydrogen-bond donors (Lipinski definition) is 1. The number of rotatable bonds is 3. The molecule has 0 saturated heterocycles. The SMILES string of the molecule is COc1ccc(C#CCCS)cc1[N+](=O)[O-]. The van der Waals surface area contributed by atoms with Crippen molar-refractivity contribution in [3.05, 3.63) is 33.9 Å². The van der Waals surface area contributed by atoms with Crippen LogP contribution in [0.2, 0.25) is 0 Å². The van der Waals surface area contributed by atoms with Crippen molar-refractivity contribution < 1.29 is 9.66 Å². The Kier molecular flexibility index (Phi) is 4.67. The number of thiol groups is 1. The van der Waals surface area contributed by atoms with Gasteiger partial charge in [0, 0.05) is 23.8 Å². The van der Waals surface area contributed by atoms with E-state index in [4.69, 9.17) is 4.74 Å². The van der Waals surface area contributed by atoms with E-state index in [1.807, 2.05) is 0 Å². The van der Waals surface area contributed by atoms with Crippen LogP contribution in [0.25, 0.3) is 0 Å². The molecule has 0 bridgehead atoms. The Morgan fingerprint density at radius 2 is 2.31 bits per heavy atom. The molecule has 1 aromatic rings. The van der Waals surface area contributed by atoms with Crippen molar-refractivity contribution in [2.24, 2.45) is 0 Å². The van der Waals surface area contributed by atoms with Gasteiger partial charge in [0.05, 0.1) is 12.0 Å². The first-order chi connectivity index (χ1) is 7.69. The van der Waals surface area contributed by atoms with E-state index in [1.165, 1.54) is 13.2 Å². The molecule has 0 radical (unpaired) electrons. The molecule has 4 nitrogen and oxygen atoms in total. The molecule has 1 rings (SSSR count). The molecule has 0 aromatic heterocycles. The highest BCUT2D eigenvalue weighted by molar-refractivity contribution is 7.80. The largest absolute Gasteiger partial charge is 0.490 e. The first kappa shape index (κ1) is 12.4. The zero-order valence-electron chi connectivity index (χ0n) is 8.77. The summed E-state index contributed by atoms with van der Waals surface area (Å²) in [5.41, 5.74) is 0.537. The van der Waals surface area contributed by atoms with Crippen molar-refractivity contribution >= 4 is 18.3 Å². The third-order valence-corrected chi connectivity index (χ3v) is 2.07. The number of nitro benzene ring substituents is 1. The Balaban J connectivity index is 3.04. The van der Waals surface area contributed by atoms with E-state index in [-0.39, 0.29) is 11.4 Å². The Morgan fingerprint density at radius 1 is 1.56 bits per heavy atom. The standard InChI is InChI=1S/C11H11NO3S/c1-15-11-6-5-9(4-2-3-7-16)8-10(11)12(13)14/h5-6,8,16H,3,7H2,1H3. The smallest absolute Gasteiger partial charge is 0.312 e. The number of nitrogens with zero attached hydrogens (tertiary/aromatic N) is 1. The summed E-state index contributed by atoms with van der Waals surface area (Å²) in [6.07, 6.45) is 0.656. The monoisotopic (exact) mass is 237 g/mol. The Labute approximate surface area is 99.2 Å². The molecule has 1 aromatic carbocycles. The van der Waals surface area contributed by atoms with Crippen LogP contribution in [0.15, 0.2) is 18.2 Å². The van der Waals surface area contributed by atoms with Gasteiger partial charge in [0.2, 0.25) is 0 Å². The Bertz CT molecular complexity index is 448. The average Bonchev–Trinajstić information content (AvgIpc) is 2.29. The lowest BCUT2D eigenvalue weighted by atomic mass is 10.2. The molecular weight excluding hydrogens is 226 g/mol. The van der Waals surface area contributed by atoms with Gasteiger partial charge in [0.1, 0.15) is 0 Å². The number of benzene rings is 1. The topological polar surface area (TPSA) is 52.4 Å². The van der Waals surface area contributed by atoms with Crippen molar-refractivity contribution in [2.75, 3.05) is 12.9 Å². The fraction of sp³-hybridized carbons (Fsp3) is 0.273. The maximum absolute atomic E-state index is 10.7. The minimum Gasteiger partial charge on any atom is -0.490 e. The molecular formula is C11H11NO3S. The lowest BCUT2D eigenvalue weighted by molar-refractivity contribution is -0.385. The fourth-order valence-electron chi connectivity index (χ4n) is 1.13. The Hall–Kier alpha value is -1.67. The molecule has 0 amide bonds. The highest BCUT2D eigenvalue weighted by Gasteiger charge is 2.14. The van der Waals surface area contributed by atoms with Crippen LogP contribution in [0.1, 0.15) is 12.0 Å². The molecule has 0 aliphatic rings. The molecule has 0 spiro atoms. The van der Waals surface area contributed by atoms with Gasteiger partial charge < -0.3 is 4.74 Å². The van der Waals surface area contributed by atoms with Gasteiger partial charge in [-0.2, -0.15) is 12.6 Å². The maximum Gasteiger partial charge on any atom is 0.312 e. The van der Waals surface area contributed by atoms with E-state index in [0.29, 0.717) is 17.7 Å². The minimum atomic E-state index is -0.484. The van der Waals surface area contributed by atoms with Gasteiger partial charge in [-0.15, -0.1) is 0 Å². The summed E-state index contributed by atoms with van der Waals surface area (Å²) in [6.45, 7) is 0. The van der Waals surface area contributed by atoms with E-state index in [9.17, 15) is 10.1 Å². The molecule has 16 heavy (non-hydrogen) atoms. The van der Waals surface area contributed by atoms with Crippen LogP contribution >= 0.6 is 12.6 Å². The van der Waals surface area contributed by atoms with Crippen molar-refractivity contribution in [1.82, 2.24) is 0 Å². The summed E-state index contributed by atoms with van der Waals surface area (Å²) < 4.78 is 4.89. The molecule has 0 aliphatic carbocycles. The van der Waals surface area contributed by atoms with Gasteiger partial charge in [-0.3, -0.25) is 10.1 Å². The summed E-state index contributed by atoms with van der Waals surface area (Å²) in [6, 6.07) is 4.64. The van der Waals surface area contributed by atoms with Gasteiger partial charge in [-0.1, -0.05) is 11.8 Å². The van der Waals surface area contributed by atoms with Crippen LogP contribution in [-0.4, -0.2) is 17.8 Å². The van der Waals surface area contributed by atoms with Gasteiger partial charge in [0.25, 0.3) is 0 Å². The normalized spacial score (nSPS) is 9.12. The van der Waals surface area contributed by atoms with Crippen LogP contribution in [0.3, 0.4) is 0 Å². The molecule has 5 heteroatoms. The molecule has 0 atom stereocenters. The predicted octanol–water partition coefficient (Wildman–Crippen LogP) is 2.27. The second kappa shape index (κ2) is 6.03. The first-order valence-electron chi connectivity index (χ1n) is 4.61. The van der Waals surface area contributed by atoms with Gasteiger partial charge in [0.15, 0.2) is 5.75 Å². The minimum absolute atomic E-state index is 0.0693. The van der Waals surface area contributed by atoms with Crippen molar-refractivity contribution in [1.29, 1.82) is 0 Å². The van der Waals surface area contributed by atoms with E-state index in [1.54, 1.807) is 12.1 Å². The van der Waals surface area contributed by atoms with Crippen molar-refractivity contribution in [3.63, 3.8) is 0 Å². The third-order valence-electron chi connectivity index (χ3n) is 1.85. The first-order valence-corrected chi connectivity index (χ1v) is 5.24. The number of hydrogen-bond acceptors (Lipinski definition) is 4. The summed E-state index contributed by atoms with van der Waals surface area (Å²) in [5, 5.41) is 10.7. The lowest BCUT2D eigenvalue weighted by Crippen LogP contribution is -1.94. The predicted molar refractivity (Wildman–Crippen MR) is 65.0 cm³/mol. The van der Waals surface area contributed by atoms with Crippen molar-refractivity contribution in [2.45, 2.75) is 6.42 Å². The van der Waals surface area contributed by atoms with E-state index < -0.39 is 4.92 Å². The van der Waals surface area contributed by atoms with Crippen LogP contribution < -0.4 is 4.74 Å². The van der Waals surface area contributed by atoms with Crippen LogP contribution in [0, 0.1) is 22.0 Å². The average molecular weight is 237 g/mol. The molecule has 0 fully saturated rings. The second-order valence-corrected chi connectivity index (χ2v) is 3.37. The summed E-state index contributed by atoms with van der Waals surface area (Å²) in [5.74, 6) is 6.61. The van der Waals surface area contributed by atoms with Crippen LogP contribution in [-0.2, 0) is 0 Å². The quantitative estimate of drug-likeness (QED) is 0.380. The van der Waals surface area contributed by atoms with E-state index in [0.717, 1.165) is 0 Å². The second-order valence-electron chi connectivity index (χ2n) is 2.92. The summed E-state index contributed by atoms with van der Waals surface area (Å²) >= 11 is 4.02. The van der Waals surface area contributed by atoms with E-state index >= 15 is 0 Å². The molecule has 0 saturated carbocycles. The zero-order valence-corrected chi connectivity index (χ0v) is 9.66. The Morgan fingerprint density at radius 3 is 2.88 bits per heavy atom. The molecule has 0 unspecified atom stereocenters. The maximum atomic E-state index is 10.7. The van der Waals surface area contributed by atoms with Gasteiger partial charge >= 0.3 is 5.69 Å². The molecule has 0 heterocycles. The van der Waals surface area contributed by atoms with Gasteiger partial charge in [-0.05, 0) is 12.1 Å². The number of methoxy groups -OCH3 is 1. The van der Waals surface area contributed by atoms with Gasteiger partial charge in [-0.25, -0.2) is 0 Å². The highest BCUT2D eigenvalue weighted by Crippen LogP contribution is 2.27. The van der Waals surface area contributed by atoms with E-state index in [2.05, 4.69) is 24.5 Å². The third kappa shape index (κ3) is 3.17. The molecule has 0 aliphatic heterocycles. The molecule has 84 valence electrons. The van der Waals surface area contributed by atoms with Crippen LogP contribution in [0.5, 0.6) is 5.75 Å². The highest BCUT2D eigenvalue weighted by atomic mass is 32.1. The van der Waals surface area contributed by atoms with Crippen molar-refractivity contribution in [3.8, 4) is 17.6 Å². The lowest BCUT2D eigenvalue weighted by Gasteiger charge is -2.00. The molecule has 0 N–H and O–H groups in total. The number of nitro groups is 1. The number of ether oxygens (including phenoxy) is 1.